The van der Waals surface area contributed by atoms with Gasteiger partial charge in [0.2, 0.25) is 0 Å². The van der Waals surface area contributed by atoms with Crippen molar-refractivity contribution in [1.29, 1.82) is 0 Å². The van der Waals surface area contributed by atoms with Gasteiger partial charge in [-0.25, -0.2) is 10.3 Å². The molecule has 0 fully saturated rings. The van der Waals surface area contributed by atoms with Gasteiger partial charge in [-0.3, -0.25) is 4.79 Å². The minimum absolute atomic E-state index is 0.289. The van der Waals surface area contributed by atoms with Gasteiger partial charge in [0.1, 0.15) is 5.75 Å². The molecule has 1 N–H and O–H groups in total. The third-order valence-electron chi connectivity index (χ3n) is 4.34. The molecule has 0 aliphatic rings. The molecule has 0 saturated heterocycles. The van der Waals surface area contributed by atoms with Crippen LogP contribution in [0.4, 0.5) is 11.4 Å². The van der Waals surface area contributed by atoms with Crippen LogP contribution in [0.5, 0.6) is 17.2 Å². The first-order valence-corrected chi connectivity index (χ1v) is 9.43. The Hall–Kier alpha value is -4.40. The number of nitrogens with one attached hydrogen (secondary N) is 1. The lowest BCUT2D eigenvalue weighted by molar-refractivity contribution is 0.0596. The summed E-state index contributed by atoms with van der Waals surface area (Å²) in [4.78, 5) is 29.4. The van der Waals surface area contributed by atoms with Gasteiger partial charge in [0.05, 0.1) is 38.3 Å². The van der Waals surface area contributed by atoms with Crippen LogP contribution in [0.15, 0.2) is 77.0 Å². The number of azo groups is 1. The van der Waals surface area contributed by atoms with E-state index in [1.54, 1.807) is 67.8 Å². The van der Waals surface area contributed by atoms with Gasteiger partial charge in [-0.05, 0) is 66.7 Å². The first-order chi connectivity index (χ1) is 15.5. The van der Waals surface area contributed by atoms with Crippen molar-refractivity contribution in [2.75, 3.05) is 26.8 Å². The summed E-state index contributed by atoms with van der Waals surface area (Å²) in [7, 11) is 4.54. The Kier molecular flexibility index (Phi) is 7.37. The topological polar surface area (TPSA) is 108 Å². The molecule has 0 heterocycles. The highest BCUT2D eigenvalue weighted by Crippen LogP contribution is 2.28. The molecule has 0 aromatic heterocycles. The number of anilines is 1. The van der Waals surface area contributed by atoms with Crippen LogP contribution >= 0.6 is 0 Å². The van der Waals surface area contributed by atoms with Crippen molar-refractivity contribution in [2.24, 2.45) is 10.2 Å². The van der Waals surface area contributed by atoms with Crippen molar-refractivity contribution in [1.82, 2.24) is 0 Å². The van der Waals surface area contributed by atoms with Crippen molar-refractivity contribution >= 4 is 23.3 Å². The maximum absolute atomic E-state index is 12.2. The molecule has 9 heteroatoms. The average Bonchev–Trinajstić information content (AvgIpc) is 2.85. The van der Waals surface area contributed by atoms with Crippen molar-refractivity contribution in [3.05, 3.63) is 77.9 Å². The molecule has 3 rings (SSSR count). The summed E-state index contributed by atoms with van der Waals surface area (Å²) in [5.41, 5.74) is 4.23. The molecule has 0 atom stereocenters. The summed E-state index contributed by atoms with van der Waals surface area (Å²) in [6, 6.07) is 17.8. The Balaban J connectivity index is 1.56. The number of nitrogens with zero attached hydrogens (tertiary/aromatic N) is 2. The largest absolute Gasteiger partial charge is 0.497 e. The number of methoxy groups -OCH3 is 3. The smallest absolute Gasteiger partial charge is 0.362 e. The Morgan fingerprint density at radius 1 is 0.750 bits per heavy atom. The molecular weight excluding hydrogens is 414 g/mol. The van der Waals surface area contributed by atoms with E-state index in [9.17, 15) is 9.59 Å². The summed E-state index contributed by atoms with van der Waals surface area (Å²) < 4.78 is 15.4. The van der Waals surface area contributed by atoms with Gasteiger partial charge in [-0.2, -0.15) is 0 Å². The summed E-state index contributed by atoms with van der Waals surface area (Å²) in [5.74, 6) is 0.500. The zero-order chi connectivity index (χ0) is 22.9. The number of hydrogen-bond acceptors (Lipinski definition) is 8. The highest BCUT2D eigenvalue weighted by atomic mass is 16.7. The van der Waals surface area contributed by atoms with E-state index in [0.717, 1.165) is 0 Å². The quantitative estimate of drug-likeness (QED) is 0.399. The first-order valence-electron chi connectivity index (χ1n) is 9.43. The van der Waals surface area contributed by atoms with E-state index in [1.165, 1.54) is 20.3 Å². The molecule has 1 amide bonds. The van der Waals surface area contributed by atoms with Crippen LogP contribution in [-0.2, 0) is 4.84 Å². The molecule has 3 aromatic carbocycles. The zero-order valence-electron chi connectivity index (χ0n) is 17.7. The Labute approximate surface area is 184 Å². The molecule has 0 unspecified atom stereocenters. The number of hydrogen-bond donors (Lipinski definition) is 1. The van der Waals surface area contributed by atoms with Crippen LogP contribution in [0.1, 0.15) is 20.7 Å². The number of carbonyl (C=O) groups excluding carboxylic acids is 2. The molecule has 0 aliphatic heterocycles. The summed E-state index contributed by atoms with van der Waals surface area (Å²) in [6.07, 6.45) is 0. The van der Waals surface area contributed by atoms with Crippen LogP contribution in [0.2, 0.25) is 0 Å². The van der Waals surface area contributed by atoms with Gasteiger partial charge in [0.15, 0.2) is 11.5 Å². The van der Waals surface area contributed by atoms with Crippen LogP contribution in [0.3, 0.4) is 0 Å². The minimum Gasteiger partial charge on any atom is -0.497 e. The molecule has 164 valence electrons. The SMILES string of the molecule is COc1ccc(C(=O)N=Nc2ccc(NOC(=O)c3ccc(OC)c(OC)c3)cc2)cc1. The van der Waals surface area contributed by atoms with Gasteiger partial charge in [0.25, 0.3) is 5.91 Å². The summed E-state index contributed by atoms with van der Waals surface area (Å²) >= 11 is 0. The van der Waals surface area contributed by atoms with Gasteiger partial charge in [0, 0.05) is 5.56 Å². The van der Waals surface area contributed by atoms with Gasteiger partial charge in [-0.1, -0.05) is 0 Å². The third kappa shape index (κ3) is 5.60. The molecule has 9 nitrogen and oxygen atoms in total. The van der Waals surface area contributed by atoms with Gasteiger partial charge in [-0.15, -0.1) is 10.2 Å². The number of amides is 1. The molecule has 0 radical (unpaired) electrons. The number of ether oxygens (including phenoxy) is 3. The van der Waals surface area contributed by atoms with Crippen LogP contribution in [-0.4, -0.2) is 33.2 Å². The van der Waals surface area contributed by atoms with Gasteiger partial charge < -0.3 is 19.0 Å². The monoisotopic (exact) mass is 435 g/mol. The van der Waals surface area contributed by atoms with E-state index in [1.807, 2.05) is 0 Å². The van der Waals surface area contributed by atoms with Crippen LogP contribution < -0.4 is 19.7 Å². The average molecular weight is 435 g/mol. The number of rotatable bonds is 8. The number of benzene rings is 3. The minimum atomic E-state index is -0.597. The second-order valence-corrected chi connectivity index (χ2v) is 6.34. The highest BCUT2D eigenvalue weighted by Gasteiger charge is 2.12. The predicted molar refractivity (Wildman–Crippen MR) is 117 cm³/mol. The molecule has 3 aromatic rings. The van der Waals surface area contributed by atoms with Crippen LogP contribution in [0.25, 0.3) is 0 Å². The Bertz CT molecular complexity index is 1110. The van der Waals surface area contributed by atoms with E-state index in [0.29, 0.717) is 34.2 Å². The Morgan fingerprint density at radius 3 is 2.03 bits per heavy atom. The van der Waals surface area contributed by atoms with E-state index in [-0.39, 0.29) is 5.56 Å². The normalized spacial score (nSPS) is 10.5. The predicted octanol–water partition coefficient (Wildman–Crippen LogP) is 4.82. The lowest BCUT2D eigenvalue weighted by atomic mass is 10.2. The fraction of sp³-hybridized carbons (Fsp3) is 0.130. The zero-order valence-corrected chi connectivity index (χ0v) is 17.7. The van der Waals surface area contributed by atoms with Crippen molar-refractivity contribution in [3.8, 4) is 17.2 Å². The van der Waals surface area contributed by atoms with Gasteiger partial charge >= 0.3 is 5.97 Å². The first kappa shape index (κ1) is 22.3. The van der Waals surface area contributed by atoms with E-state index < -0.39 is 11.9 Å². The molecular formula is C23H21N3O6. The van der Waals surface area contributed by atoms with Crippen LogP contribution in [0, 0.1) is 0 Å². The molecule has 0 bridgehead atoms. The summed E-state index contributed by atoms with van der Waals surface area (Å²) in [5, 5.41) is 7.64. The van der Waals surface area contributed by atoms with E-state index in [4.69, 9.17) is 19.0 Å². The van der Waals surface area contributed by atoms with Crippen molar-refractivity contribution in [2.45, 2.75) is 0 Å². The fourth-order valence-electron chi connectivity index (χ4n) is 2.62. The summed E-state index contributed by atoms with van der Waals surface area (Å²) in [6.45, 7) is 0. The lowest BCUT2D eigenvalue weighted by Gasteiger charge is -2.10. The molecule has 0 saturated carbocycles. The fourth-order valence-corrected chi connectivity index (χ4v) is 2.62. The van der Waals surface area contributed by atoms with E-state index >= 15 is 0 Å². The number of carbonyl (C=O) groups is 2. The molecule has 32 heavy (non-hydrogen) atoms. The Morgan fingerprint density at radius 2 is 1.41 bits per heavy atom. The maximum atomic E-state index is 12.2. The standard InChI is InChI=1S/C23H21N3O6/c1-29-19-11-4-15(5-12-19)22(27)25-24-17-7-9-18(10-8-17)26-32-23(28)16-6-13-20(30-2)21(14-16)31-3/h4-14,26H,1-3H3. The second kappa shape index (κ2) is 10.6. The van der Waals surface area contributed by atoms with Crippen molar-refractivity contribution < 1.29 is 28.6 Å². The maximum Gasteiger partial charge on any atom is 0.362 e. The third-order valence-corrected chi connectivity index (χ3v) is 4.34. The second-order valence-electron chi connectivity index (χ2n) is 6.34. The highest BCUT2D eigenvalue weighted by molar-refractivity contribution is 5.94. The molecule has 0 spiro atoms. The lowest BCUT2D eigenvalue weighted by Crippen LogP contribution is -2.11. The molecule has 0 aliphatic carbocycles. The van der Waals surface area contributed by atoms with E-state index in [2.05, 4.69) is 15.7 Å². The van der Waals surface area contributed by atoms with Crippen molar-refractivity contribution in [3.63, 3.8) is 0 Å².